The second kappa shape index (κ2) is 7.83. The van der Waals surface area contributed by atoms with E-state index in [1.807, 2.05) is 0 Å². The van der Waals surface area contributed by atoms with Gasteiger partial charge in [-0.1, -0.05) is 0 Å². The smallest absolute Gasteiger partial charge is 0.225 e. The number of fused-ring (bicyclic) bond motifs is 1. The van der Waals surface area contributed by atoms with E-state index in [9.17, 15) is 19.4 Å². The number of carbonyl (C=O) groups is 1. The van der Waals surface area contributed by atoms with Crippen LogP contribution in [0.3, 0.4) is 0 Å². The fraction of sp³-hybridized carbons (Fsp3) is 0.529. The number of aliphatic hydroxyl groups excluding tert-OH is 2. The van der Waals surface area contributed by atoms with Crippen LogP contribution in [0.15, 0.2) is 24.3 Å². The molecule has 4 N–H and O–H groups in total. The van der Waals surface area contributed by atoms with Gasteiger partial charge in [-0.05, 0) is 42.9 Å². The first-order valence-electron chi connectivity index (χ1n) is 8.42. The maximum Gasteiger partial charge on any atom is 0.225 e. The molecule has 1 amide bonds. The van der Waals surface area contributed by atoms with Crippen LogP contribution in [0.4, 0.5) is 10.1 Å². The Balaban J connectivity index is 1.90. The van der Waals surface area contributed by atoms with Crippen molar-refractivity contribution in [2.75, 3.05) is 25.2 Å². The summed E-state index contributed by atoms with van der Waals surface area (Å²) in [5.41, 5.74) is 0.620. The largest absolute Gasteiger partial charge is 0.390 e. The number of anilines is 1. The zero-order valence-corrected chi connectivity index (χ0v) is 15.1. The number of hydrogen-bond donors (Lipinski definition) is 4. The highest BCUT2D eigenvalue weighted by atomic mass is 32.1. The van der Waals surface area contributed by atoms with Gasteiger partial charge in [-0.3, -0.25) is 4.79 Å². The Hall–Kier alpha value is -1.81. The molecule has 1 heterocycles. The standard InChI is InChI=1S/C17H22FN3O4S/c1-25-7-6-19-16(24)11-8-12(22)15(23)13-14(11)21(17(26)20-13)10-4-2-9(18)3-5-10/h2-5,11-15,22-23H,6-8H2,1H3,(H,19,24)(H,20,26). The first-order valence-corrected chi connectivity index (χ1v) is 8.83. The van der Waals surface area contributed by atoms with E-state index >= 15 is 0 Å². The van der Waals surface area contributed by atoms with Crippen molar-refractivity contribution in [3.05, 3.63) is 30.1 Å². The minimum atomic E-state index is -1.06. The second-order valence-electron chi connectivity index (χ2n) is 6.50. The van der Waals surface area contributed by atoms with Crippen molar-refractivity contribution in [3.63, 3.8) is 0 Å². The molecule has 1 aromatic carbocycles. The van der Waals surface area contributed by atoms with E-state index in [1.54, 1.807) is 24.1 Å². The average Bonchev–Trinajstić information content (AvgIpc) is 2.96. The van der Waals surface area contributed by atoms with Gasteiger partial charge >= 0.3 is 0 Å². The van der Waals surface area contributed by atoms with Crippen LogP contribution in [-0.4, -0.2) is 65.8 Å². The SMILES string of the molecule is COCCNC(=O)C1CC(O)C(O)C2NC(=S)N(c3ccc(F)cc3)C12. The monoisotopic (exact) mass is 383 g/mol. The quantitative estimate of drug-likeness (QED) is 0.412. The molecular formula is C17H22FN3O4S. The highest BCUT2D eigenvalue weighted by Crippen LogP contribution is 2.36. The van der Waals surface area contributed by atoms with Crippen LogP contribution in [0, 0.1) is 11.7 Å². The fourth-order valence-electron chi connectivity index (χ4n) is 3.65. The number of nitrogens with zero attached hydrogens (tertiary/aromatic N) is 1. The van der Waals surface area contributed by atoms with E-state index in [1.165, 1.54) is 12.1 Å². The zero-order chi connectivity index (χ0) is 18.8. The second-order valence-corrected chi connectivity index (χ2v) is 6.88. The number of amides is 1. The predicted molar refractivity (Wildman–Crippen MR) is 97.2 cm³/mol. The van der Waals surface area contributed by atoms with Crippen molar-refractivity contribution in [2.45, 2.75) is 30.7 Å². The summed E-state index contributed by atoms with van der Waals surface area (Å²) in [4.78, 5) is 14.4. The summed E-state index contributed by atoms with van der Waals surface area (Å²) in [7, 11) is 1.54. The Morgan fingerprint density at radius 2 is 2.12 bits per heavy atom. The lowest BCUT2D eigenvalue weighted by Crippen LogP contribution is -2.61. The number of carbonyl (C=O) groups excluding carboxylic acids is 1. The summed E-state index contributed by atoms with van der Waals surface area (Å²) in [6.45, 7) is 0.715. The van der Waals surface area contributed by atoms with Gasteiger partial charge in [0.25, 0.3) is 0 Å². The van der Waals surface area contributed by atoms with E-state index in [4.69, 9.17) is 17.0 Å². The molecule has 1 aromatic rings. The molecule has 3 rings (SSSR count). The molecule has 2 fully saturated rings. The number of hydrogen-bond acceptors (Lipinski definition) is 5. The minimum absolute atomic E-state index is 0.100. The Morgan fingerprint density at radius 1 is 1.42 bits per heavy atom. The maximum absolute atomic E-state index is 13.3. The highest BCUT2D eigenvalue weighted by Gasteiger charge is 2.53. The van der Waals surface area contributed by atoms with Gasteiger partial charge < -0.3 is 30.5 Å². The number of rotatable bonds is 5. The molecule has 9 heteroatoms. The molecule has 0 bridgehead atoms. The van der Waals surface area contributed by atoms with Crippen molar-refractivity contribution in [1.29, 1.82) is 0 Å². The topological polar surface area (TPSA) is 94.1 Å². The van der Waals surface area contributed by atoms with E-state index < -0.39 is 30.2 Å². The Kier molecular flexibility index (Phi) is 5.71. The Morgan fingerprint density at radius 3 is 2.77 bits per heavy atom. The molecule has 5 unspecified atom stereocenters. The number of ether oxygens (including phenoxy) is 1. The lowest BCUT2D eigenvalue weighted by Gasteiger charge is -2.41. The first kappa shape index (κ1) is 19.0. The van der Waals surface area contributed by atoms with Gasteiger partial charge in [-0.2, -0.15) is 0 Å². The number of thiocarbonyl (C=S) groups is 1. The van der Waals surface area contributed by atoms with E-state index in [0.29, 0.717) is 24.0 Å². The molecule has 26 heavy (non-hydrogen) atoms. The van der Waals surface area contributed by atoms with Crippen LogP contribution < -0.4 is 15.5 Å². The molecule has 1 aliphatic carbocycles. The zero-order valence-electron chi connectivity index (χ0n) is 14.3. The molecule has 1 aliphatic heterocycles. The number of nitrogens with one attached hydrogen (secondary N) is 2. The Labute approximate surface area is 156 Å². The highest BCUT2D eigenvalue weighted by molar-refractivity contribution is 7.80. The average molecular weight is 383 g/mol. The third-order valence-electron chi connectivity index (χ3n) is 4.89. The van der Waals surface area contributed by atoms with Gasteiger partial charge in [0, 0.05) is 19.3 Å². The van der Waals surface area contributed by atoms with Crippen LogP contribution in [-0.2, 0) is 9.53 Å². The third-order valence-corrected chi connectivity index (χ3v) is 5.21. The summed E-state index contributed by atoms with van der Waals surface area (Å²) in [6, 6.07) is 4.68. The summed E-state index contributed by atoms with van der Waals surface area (Å²) in [5, 5.41) is 26.7. The molecule has 1 saturated carbocycles. The molecule has 2 aliphatic rings. The molecule has 0 spiro atoms. The molecule has 5 atom stereocenters. The van der Waals surface area contributed by atoms with Crippen LogP contribution in [0.1, 0.15) is 6.42 Å². The fourth-order valence-corrected chi connectivity index (χ4v) is 4.01. The van der Waals surface area contributed by atoms with Gasteiger partial charge in [0.05, 0.1) is 30.7 Å². The van der Waals surface area contributed by atoms with Gasteiger partial charge in [-0.15, -0.1) is 0 Å². The van der Waals surface area contributed by atoms with Gasteiger partial charge in [-0.25, -0.2) is 4.39 Å². The molecule has 7 nitrogen and oxygen atoms in total. The summed E-state index contributed by atoms with van der Waals surface area (Å²) in [6.07, 6.45) is -2.01. The first-order chi connectivity index (χ1) is 12.4. The number of aliphatic hydroxyl groups is 2. The molecular weight excluding hydrogens is 361 g/mol. The van der Waals surface area contributed by atoms with Crippen molar-refractivity contribution in [2.24, 2.45) is 5.92 Å². The Bertz CT molecular complexity index is 674. The van der Waals surface area contributed by atoms with E-state index in [0.717, 1.165) is 0 Å². The van der Waals surface area contributed by atoms with Gasteiger partial charge in [0.1, 0.15) is 11.9 Å². The van der Waals surface area contributed by atoms with E-state index in [2.05, 4.69) is 10.6 Å². The van der Waals surface area contributed by atoms with Crippen molar-refractivity contribution in [3.8, 4) is 0 Å². The lowest BCUT2D eigenvalue weighted by molar-refractivity contribution is -0.131. The number of benzene rings is 1. The third kappa shape index (κ3) is 3.52. The normalized spacial score (nSPS) is 30.7. The molecule has 0 aromatic heterocycles. The predicted octanol–water partition coefficient (Wildman–Crippen LogP) is -0.238. The van der Waals surface area contributed by atoms with Gasteiger partial charge in [0.15, 0.2) is 5.11 Å². The van der Waals surface area contributed by atoms with Crippen molar-refractivity contribution < 1.29 is 24.1 Å². The number of halogens is 1. The van der Waals surface area contributed by atoms with E-state index in [-0.39, 0.29) is 18.1 Å². The van der Waals surface area contributed by atoms with Crippen molar-refractivity contribution >= 4 is 28.9 Å². The lowest BCUT2D eigenvalue weighted by atomic mass is 9.77. The summed E-state index contributed by atoms with van der Waals surface area (Å²) < 4.78 is 18.2. The minimum Gasteiger partial charge on any atom is -0.390 e. The molecule has 142 valence electrons. The van der Waals surface area contributed by atoms with Crippen LogP contribution in [0.2, 0.25) is 0 Å². The molecule has 1 saturated heterocycles. The summed E-state index contributed by atoms with van der Waals surface area (Å²) in [5.74, 6) is -1.23. The van der Waals surface area contributed by atoms with Crippen LogP contribution >= 0.6 is 12.2 Å². The van der Waals surface area contributed by atoms with Crippen LogP contribution in [0.5, 0.6) is 0 Å². The maximum atomic E-state index is 13.3. The summed E-state index contributed by atoms with van der Waals surface area (Å²) >= 11 is 5.38. The molecule has 0 radical (unpaired) electrons. The van der Waals surface area contributed by atoms with Gasteiger partial charge in [0.2, 0.25) is 5.91 Å². The number of methoxy groups -OCH3 is 1. The van der Waals surface area contributed by atoms with Crippen molar-refractivity contribution in [1.82, 2.24) is 10.6 Å². The van der Waals surface area contributed by atoms with Crippen LogP contribution in [0.25, 0.3) is 0 Å².